The van der Waals surface area contributed by atoms with Gasteiger partial charge in [0, 0.05) is 12.2 Å². The molecule has 0 atom stereocenters. The molecular weight excluding hydrogens is 307 g/mol. The molecule has 0 fully saturated rings. The number of ketones is 1. The molecule has 0 bridgehead atoms. The molecule has 0 spiro atoms. The van der Waals surface area contributed by atoms with Gasteiger partial charge in [-0.2, -0.15) is 0 Å². The zero-order chi connectivity index (χ0) is 8.15. The first-order valence-electron chi connectivity index (χ1n) is 2.11. The summed E-state index contributed by atoms with van der Waals surface area (Å²) in [4.78, 5) is 10.7. The summed E-state index contributed by atoms with van der Waals surface area (Å²) in [5, 5.41) is 0. The summed E-state index contributed by atoms with van der Waals surface area (Å²) in [7, 11) is 0. The normalized spacial score (nSPS) is 13.6. The van der Waals surface area contributed by atoms with Crippen LogP contribution < -0.4 is 0 Å². The molecule has 0 aliphatic carbocycles. The Bertz CT molecular complexity index is 170. The lowest BCUT2D eigenvalue weighted by atomic mass is 10.4. The Kier molecular flexibility index (Phi) is 5.72. The summed E-state index contributed by atoms with van der Waals surface area (Å²) >= 11 is 16.4. The number of carbonyl (C=O) groups excluding carboxylic acids is 1. The van der Waals surface area contributed by atoms with Crippen LogP contribution in [-0.4, -0.2) is 5.78 Å². The Morgan fingerprint density at radius 1 is 1.10 bits per heavy atom. The number of hydrogen-bond donors (Lipinski definition) is 0. The van der Waals surface area contributed by atoms with Crippen molar-refractivity contribution in [2.24, 2.45) is 0 Å². The van der Waals surface area contributed by atoms with Crippen LogP contribution in [0.3, 0.4) is 0 Å². The minimum Gasteiger partial charge on any atom is -0.290 e. The Morgan fingerprint density at radius 3 is 1.60 bits per heavy atom. The Hall–Kier alpha value is 0.690. The van der Waals surface area contributed by atoms with Gasteiger partial charge in [-0.1, -0.05) is 23.2 Å². The molecule has 5 heteroatoms. The first-order valence-corrected chi connectivity index (χ1v) is 4.46. The second-order valence-electron chi connectivity index (χ2n) is 1.27. The smallest absolute Gasteiger partial charge is 0.182 e. The van der Waals surface area contributed by atoms with Crippen molar-refractivity contribution in [3.63, 3.8) is 0 Å². The van der Waals surface area contributed by atoms with Gasteiger partial charge in [-0.05, 0) is 31.9 Å². The summed E-state index contributed by atoms with van der Waals surface area (Å²) in [6.45, 7) is 0. The lowest BCUT2D eigenvalue weighted by Crippen LogP contribution is -1.84. The highest BCUT2D eigenvalue weighted by Gasteiger charge is 1.93. The van der Waals surface area contributed by atoms with E-state index in [1.54, 1.807) is 0 Å². The van der Waals surface area contributed by atoms with Crippen molar-refractivity contribution in [1.82, 2.24) is 0 Å². The van der Waals surface area contributed by atoms with E-state index in [-0.39, 0.29) is 13.7 Å². The number of rotatable bonds is 2. The lowest BCUT2D eigenvalue weighted by Gasteiger charge is -1.82. The van der Waals surface area contributed by atoms with Crippen molar-refractivity contribution in [2.45, 2.75) is 0 Å². The van der Waals surface area contributed by atoms with Crippen molar-refractivity contribution in [1.29, 1.82) is 0 Å². The maximum atomic E-state index is 10.7. The van der Waals surface area contributed by atoms with E-state index in [9.17, 15) is 4.79 Å². The van der Waals surface area contributed by atoms with Crippen molar-refractivity contribution >= 4 is 60.8 Å². The molecule has 1 nitrogen and oxygen atoms in total. The van der Waals surface area contributed by atoms with Crippen LogP contribution in [0, 0.1) is 0 Å². The van der Waals surface area contributed by atoms with E-state index in [4.69, 9.17) is 23.2 Å². The molecule has 0 aliphatic rings. The molecule has 0 aliphatic heterocycles. The molecule has 56 valence electrons. The SMILES string of the molecule is O=C(C=C(Cl)Br)C=C(Cl)Br. The molecule has 0 rings (SSSR count). The maximum absolute atomic E-state index is 10.7. The molecular formula is C5H2Br2Cl2O. The monoisotopic (exact) mass is 306 g/mol. The fourth-order valence-corrected chi connectivity index (χ4v) is 0.923. The molecule has 0 aromatic heterocycles. The van der Waals surface area contributed by atoms with E-state index in [1.165, 1.54) is 12.2 Å². The molecule has 0 unspecified atom stereocenters. The van der Waals surface area contributed by atoms with E-state index >= 15 is 0 Å². The minimum atomic E-state index is -0.274. The standard InChI is InChI=1S/C5H2Br2Cl2O/c6-4(8)1-3(10)2-5(7)9/h1-2H. The Morgan fingerprint density at radius 2 is 1.40 bits per heavy atom. The molecule has 0 saturated carbocycles. The number of allylic oxidation sites excluding steroid dienone is 2. The summed E-state index contributed by atoms with van der Waals surface area (Å²) < 4.78 is 0.498. The molecule has 0 saturated heterocycles. The van der Waals surface area contributed by atoms with Crippen LogP contribution in [0.5, 0.6) is 0 Å². The molecule has 0 radical (unpaired) electrons. The van der Waals surface area contributed by atoms with Gasteiger partial charge in [0.05, 0.1) is 7.88 Å². The predicted molar refractivity (Wildman–Crippen MR) is 50.7 cm³/mol. The highest BCUT2D eigenvalue weighted by molar-refractivity contribution is 9.12. The third-order valence-electron chi connectivity index (χ3n) is 0.503. The van der Waals surface area contributed by atoms with Crippen LogP contribution >= 0.6 is 55.1 Å². The zero-order valence-electron chi connectivity index (χ0n) is 4.57. The third kappa shape index (κ3) is 6.81. The van der Waals surface area contributed by atoms with E-state index in [0.29, 0.717) is 0 Å². The number of carbonyl (C=O) groups is 1. The van der Waals surface area contributed by atoms with Crippen LogP contribution in [0.15, 0.2) is 20.0 Å². The molecule has 0 aromatic rings. The van der Waals surface area contributed by atoms with Crippen LogP contribution in [0.1, 0.15) is 0 Å². The first-order chi connectivity index (χ1) is 4.52. The molecule has 0 aromatic carbocycles. The van der Waals surface area contributed by atoms with Crippen LogP contribution in [0.4, 0.5) is 0 Å². The van der Waals surface area contributed by atoms with Gasteiger partial charge in [-0.3, -0.25) is 4.79 Å². The van der Waals surface area contributed by atoms with Crippen LogP contribution in [0.25, 0.3) is 0 Å². The predicted octanol–water partition coefficient (Wildman–Crippen LogP) is 3.51. The van der Waals surface area contributed by atoms with Gasteiger partial charge in [0.15, 0.2) is 5.78 Å². The average molecular weight is 309 g/mol. The van der Waals surface area contributed by atoms with Crippen molar-refractivity contribution in [2.75, 3.05) is 0 Å². The summed E-state index contributed by atoms with van der Waals surface area (Å²) in [6, 6.07) is 0. The Balaban J connectivity index is 4.14. The van der Waals surface area contributed by atoms with E-state index in [0.717, 1.165) is 0 Å². The quantitative estimate of drug-likeness (QED) is 0.714. The van der Waals surface area contributed by atoms with Gasteiger partial charge in [0.2, 0.25) is 0 Å². The highest BCUT2D eigenvalue weighted by atomic mass is 79.9. The van der Waals surface area contributed by atoms with Crippen molar-refractivity contribution < 1.29 is 4.79 Å². The van der Waals surface area contributed by atoms with Crippen molar-refractivity contribution in [3.8, 4) is 0 Å². The van der Waals surface area contributed by atoms with Crippen LogP contribution in [-0.2, 0) is 4.79 Å². The molecule has 0 N–H and O–H groups in total. The topological polar surface area (TPSA) is 17.1 Å². The van der Waals surface area contributed by atoms with Gasteiger partial charge in [-0.15, -0.1) is 0 Å². The Labute approximate surface area is 85.3 Å². The zero-order valence-corrected chi connectivity index (χ0v) is 9.26. The van der Waals surface area contributed by atoms with Gasteiger partial charge in [0.1, 0.15) is 0 Å². The fourth-order valence-electron chi connectivity index (χ4n) is 0.257. The second-order valence-corrected chi connectivity index (χ2v) is 4.71. The summed E-state index contributed by atoms with van der Waals surface area (Å²) in [6.07, 6.45) is 2.40. The minimum absolute atomic E-state index is 0.249. The molecule has 10 heavy (non-hydrogen) atoms. The third-order valence-corrected chi connectivity index (χ3v) is 1.18. The summed E-state index contributed by atoms with van der Waals surface area (Å²) in [5.41, 5.74) is 0. The van der Waals surface area contributed by atoms with Crippen LogP contribution in [0.2, 0.25) is 0 Å². The summed E-state index contributed by atoms with van der Waals surface area (Å²) in [5.74, 6) is -0.274. The van der Waals surface area contributed by atoms with Gasteiger partial charge in [0.25, 0.3) is 0 Å². The van der Waals surface area contributed by atoms with E-state index < -0.39 is 0 Å². The average Bonchev–Trinajstić information content (AvgIpc) is 1.58. The highest BCUT2D eigenvalue weighted by Crippen LogP contribution is 2.13. The maximum Gasteiger partial charge on any atom is 0.182 e. The van der Waals surface area contributed by atoms with Gasteiger partial charge < -0.3 is 0 Å². The largest absolute Gasteiger partial charge is 0.290 e. The molecule has 0 heterocycles. The van der Waals surface area contributed by atoms with Gasteiger partial charge in [-0.25, -0.2) is 0 Å². The lowest BCUT2D eigenvalue weighted by molar-refractivity contribution is -0.110. The molecule has 0 amide bonds. The van der Waals surface area contributed by atoms with Gasteiger partial charge >= 0.3 is 0 Å². The van der Waals surface area contributed by atoms with Crippen molar-refractivity contribution in [3.05, 3.63) is 20.0 Å². The number of hydrogen-bond acceptors (Lipinski definition) is 1. The van der Waals surface area contributed by atoms with E-state index in [1.807, 2.05) is 0 Å². The van der Waals surface area contributed by atoms with E-state index in [2.05, 4.69) is 31.9 Å². The first kappa shape index (κ1) is 10.7. The fraction of sp³-hybridized carbons (Fsp3) is 0. The number of halogens is 4. The second kappa shape index (κ2) is 5.35.